The summed E-state index contributed by atoms with van der Waals surface area (Å²) < 4.78 is 0. The van der Waals surface area contributed by atoms with Crippen LogP contribution >= 0.6 is 0 Å². The summed E-state index contributed by atoms with van der Waals surface area (Å²) in [4.78, 5) is 0. The van der Waals surface area contributed by atoms with Crippen molar-refractivity contribution in [3.05, 3.63) is 35.4 Å². The third-order valence-corrected chi connectivity index (χ3v) is 1.78. The van der Waals surface area contributed by atoms with E-state index >= 15 is 0 Å². The molecule has 0 nitrogen and oxygen atoms in total. The Kier molecular flexibility index (Phi) is 14.7. The zero-order chi connectivity index (χ0) is 12.1. The van der Waals surface area contributed by atoms with Crippen LogP contribution in [0.1, 0.15) is 58.6 Å². The van der Waals surface area contributed by atoms with Gasteiger partial charge in [-0.15, -0.1) is 0 Å². The summed E-state index contributed by atoms with van der Waals surface area (Å²) in [7, 11) is 0. The molecule has 0 spiro atoms. The third-order valence-electron chi connectivity index (χ3n) is 1.78. The zero-order valence-corrected chi connectivity index (χ0v) is 11.4. The van der Waals surface area contributed by atoms with E-state index in [2.05, 4.69) is 52.0 Å². The quantitative estimate of drug-likeness (QED) is 0.611. The van der Waals surface area contributed by atoms with Gasteiger partial charge in [-0.05, 0) is 24.5 Å². The van der Waals surface area contributed by atoms with E-state index in [-0.39, 0.29) is 0 Å². The molecule has 0 aliphatic heterocycles. The summed E-state index contributed by atoms with van der Waals surface area (Å²) >= 11 is 0. The normalized spacial score (nSPS) is 8.13. The van der Waals surface area contributed by atoms with Gasteiger partial charge in [0.15, 0.2) is 0 Å². The average molecular weight is 208 g/mol. The van der Waals surface area contributed by atoms with Gasteiger partial charge in [-0.2, -0.15) is 0 Å². The number of hydrogen-bond donors (Lipinski definition) is 0. The maximum atomic E-state index is 2.21. The molecule has 0 N–H and O–H groups in total. The molecule has 0 unspecified atom stereocenters. The van der Waals surface area contributed by atoms with Crippen LogP contribution in [0.2, 0.25) is 0 Å². The number of benzene rings is 1. The summed E-state index contributed by atoms with van der Waals surface area (Å²) in [6.45, 7) is 12.6. The van der Waals surface area contributed by atoms with E-state index in [4.69, 9.17) is 0 Å². The molecule has 0 aromatic heterocycles. The Morgan fingerprint density at radius 2 is 1.40 bits per heavy atom. The first-order chi connectivity index (χ1) is 7.26. The van der Waals surface area contributed by atoms with Gasteiger partial charge in [0, 0.05) is 0 Å². The minimum Gasteiger partial charge on any atom is -0.0683 e. The molecular weight excluding hydrogens is 180 g/mol. The molecule has 15 heavy (non-hydrogen) atoms. The van der Waals surface area contributed by atoms with E-state index in [9.17, 15) is 0 Å². The molecule has 0 heterocycles. The lowest BCUT2D eigenvalue weighted by molar-refractivity contribution is 0.913. The lowest BCUT2D eigenvalue weighted by Crippen LogP contribution is -1.85. The molecule has 0 heteroatoms. The maximum absolute atomic E-state index is 2.21. The fourth-order valence-corrected chi connectivity index (χ4v) is 1.16. The first-order valence-corrected chi connectivity index (χ1v) is 6.30. The second-order valence-corrected chi connectivity index (χ2v) is 3.38. The van der Waals surface area contributed by atoms with Crippen LogP contribution in [-0.2, 0) is 6.42 Å². The van der Waals surface area contributed by atoms with Crippen LogP contribution in [0.5, 0.6) is 0 Å². The lowest BCUT2D eigenvalue weighted by Gasteiger charge is -2.01. The highest BCUT2D eigenvalue weighted by Gasteiger charge is 1.92. The van der Waals surface area contributed by atoms with Gasteiger partial charge in [-0.25, -0.2) is 0 Å². The van der Waals surface area contributed by atoms with Crippen LogP contribution in [0.25, 0.3) is 0 Å². The zero-order valence-electron chi connectivity index (χ0n) is 11.4. The Balaban J connectivity index is 0. The van der Waals surface area contributed by atoms with Crippen molar-refractivity contribution in [2.24, 2.45) is 0 Å². The summed E-state index contributed by atoms with van der Waals surface area (Å²) in [6.07, 6.45) is 3.71. The molecule has 1 aromatic rings. The largest absolute Gasteiger partial charge is 0.0683 e. The lowest BCUT2D eigenvalue weighted by atomic mass is 10.1. The van der Waals surface area contributed by atoms with Crippen molar-refractivity contribution in [1.29, 1.82) is 0 Å². The highest BCUT2D eigenvalue weighted by atomic mass is 14.0. The van der Waals surface area contributed by atoms with Gasteiger partial charge in [-0.1, -0.05) is 71.7 Å². The Bertz CT molecular complexity index is 213. The van der Waals surface area contributed by atoms with E-state index in [1.165, 1.54) is 30.4 Å². The molecule has 1 aromatic carbocycles. The monoisotopic (exact) mass is 208 g/mol. The molecule has 1 rings (SSSR count). The third kappa shape index (κ3) is 9.52. The van der Waals surface area contributed by atoms with Crippen molar-refractivity contribution < 1.29 is 0 Å². The molecular formula is C15H28. The molecule has 88 valence electrons. The standard InChI is InChI=1S/C10H14.C3H8.C2H6/c1-3-6-10-8-5-4-7-9(10)2;1-3-2;1-2/h4-5,7-8H,3,6H2,1-2H3;3H2,1-2H3;1-2H3. The maximum Gasteiger partial charge on any atom is -0.0279 e. The smallest absolute Gasteiger partial charge is 0.0279 e. The van der Waals surface area contributed by atoms with Crippen molar-refractivity contribution in [2.75, 3.05) is 0 Å². The molecule has 0 aliphatic rings. The van der Waals surface area contributed by atoms with Gasteiger partial charge < -0.3 is 0 Å². The molecule has 0 bridgehead atoms. The van der Waals surface area contributed by atoms with E-state index < -0.39 is 0 Å². The molecule has 0 saturated carbocycles. The molecule has 0 saturated heterocycles. The summed E-state index contributed by atoms with van der Waals surface area (Å²) in [5, 5.41) is 0. The number of hydrogen-bond acceptors (Lipinski definition) is 0. The highest BCUT2D eigenvalue weighted by molar-refractivity contribution is 5.25. The van der Waals surface area contributed by atoms with Crippen LogP contribution in [-0.4, -0.2) is 0 Å². The first-order valence-electron chi connectivity index (χ1n) is 6.30. The second kappa shape index (κ2) is 13.2. The van der Waals surface area contributed by atoms with E-state index in [0.717, 1.165) is 0 Å². The van der Waals surface area contributed by atoms with Crippen LogP contribution < -0.4 is 0 Å². The van der Waals surface area contributed by atoms with Crippen LogP contribution in [0, 0.1) is 6.92 Å². The SMILES string of the molecule is CC.CCC.CCCc1ccccc1C. The van der Waals surface area contributed by atoms with Crippen LogP contribution in [0.3, 0.4) is 0 Å². The van der Waals surface area contributed by atoms with E-state index in [1.807, 2.05) is 13.8 Å². The van der Waals surface area contributed by atoms with Gasteiger partial charge in [0.2, 0.25) is 0 Å². The molecule has 0 radical (unpaired) electrons. The molecule has 0 amide bonds. The van der Waals surface area contributed by atoms with Gasteiger partial charge >= 0.3 is 0 Å². The predicted octanol–water partition coefficient (Wildman–Crippen LogP) is 5.39. The summed E-state index contributed by atoms with van der Waals surface area (Å²) in [5.41, 5.74) is 2.91. The fourth-order valence-electron chi connectivity index (χ4n) is 1.16. The Morgan fingerprint density at radius 3 is 1.80 bits per heavy atom. The van der Waals surface area contributed by atoms with Crippen molar-refractivity contribution >= 4 is 0 Å². The average Bonchev–Trinajstić information content (AvgIpc) is 2.26. The minimum atomic E-state index is 1.21. The summed E-state index contributed by atoms with van der Waals surface area (Å²) in [6, 6.07) is 8.58. The highest BCUT2D eigenvalue weighted by Crippen LogP contribution is 2.08. The molecule has 0 atom stereocenters. The van der Waals surface area contributed by atoms with Gasteiger partial charge in [0.05, 0.1) is 0 Å². The van der Waals surface area contributed by atoms with Crippen molar-refractivity contribution in [1.82, 2.24) is 0 Å². The van der Waals surface area contributed by atoms with Crippen LogP contribution in [0.4, 0.5) is 0 Å². The fraction of sp³-hybridized carbons (Fsp3) is 0.600. The van der Waals surface area contributed by atoms with E-state index in [0.29, 0.717) is 0 Å². The van der Waals surface area contributed by atoms with Crippen molar-refractivity contribution in [3.63, 3.8) is 0 Å². The Labute approximate surface area is 96.7 Å². The predicted molar refractivity (Wildman–Crippen MR) is 72.5 cm³/mol. The molecule has 0 fully saturated rings. The second-order valence-electron chi connectivity index (χ2n) is 3.38. The van der Waals surface area contributed by atoms with Gasteiger partial charge in [0.1, 0.15) is 0 Å². The number of aryl methyl sites for hydroxylation is 2. The first kappa shape index (κ1) is 16.6. The van der Waals surface area contributed by atoms with Crippen LogP contribution in [0.15, 0.2) is 24.3 Å². The van der Waals surface area contributed by atoms with Gasteiger partial charge in [0.25, 0.3) is 0 Å². The minimum absolute atomic E-state index is 1.21. The molecule has 0 aliphatic carbocycles. The van der Waals surface area contributed by atoms with Crippen molar-refractivity contribution in [3.8, 4) is 0 Å². The Hall–Kier alpha value is -0.780. The van der Waals surface area contributed by atoms with Gasteiger partial charge in [-0.3, -0.25) is 0 Å². The topological polar surface area (TPSA) is 0 Å². The summed E-state index contributed by atoms with van der Waals surface area (Å²) in [5.74, 6) is 0. The van der Waals surface area contributed by atoms with Crippen molar-refractivity contribution in [2.45, 2.75) is 60.8 Å². The van der Waals surface area contributed by atoms with E-state index in [1.54, 1.807) is 0 Å². The Morgan fingerprint density at radius 1 is 0.933 bits per heavy atom. The number of rotatable bonds is 2.